The van der Waals surface area contributed by atoms with Gasteiger partial charge in [-0.3, -0.25) is 0 Å². The van der Waals surface area contributed by atoms with Crippen LogP contribution in [-0.2, 0) is 0 Å². The van der Waals surface area contributed by atoms with Crippen LogP contribution in [0.1, 0.15) is 13.8 Å². The highest BCUT2D eigenvalue weighted by Crippen LogP contribution is 2.77. The van der Waals surface area contributed by atoms with Gasteiger partial charge in [0, 0.05) is 0 Å². The molecule has 0 aromatic heterocycles. The normalized spacial score (nSPS) is 18.8. The van der Waals surface area contributed by atoms with Crippen molar-refractivity contribution in [1.29, 1.82) is 0 Å². The molecule has 0 radical (unpaired) electrons. The largest absolute Gasteiger partial charge is 0.123 e. The molecular weight excluding hydrogens is 462 g/mol. The predicted molar refractivity (Wildman–Crippen MR) is 156 cm³/mol. The molecule has 0 amide bonds. The molecule has 0 heterocycles. The van der Waals surface area contributed by atoms with Gasteiger partial charge in [-0.15, -0.1) is 21.5 Å². The molecule has 0 aromatic carbocycles. The standard InChI is InChI=1S/C19H53P3Si5/c1-18(21(24(6,7)8)25(9,10)11)20(23(3,4)5)19(2)22(26(12,13)14)27(15,16)17/h18-19H,1-17H3. The molecule has 0 aliphatic rings. The summed E-state index contributed by atoms with van der Waals surface area (Å²) in [6, 6.07) is 0. The monoisotopic (exact) mass is 514 g/mol. The summed E-state index contributed by atoms with van der Waals surface area (Å²) in [5.74, 6) is 0. The van der Waals surface area contributed by atoms with Crippen LogP contribution < -0.4 is 0 Å². The maximum atomic E-state index is 2.77. The van der Waals surface area contributed by atoms with E-state index in [1.165, 1.54) is 0 Å². The molecule has 164 valence electrons. The van der Waals surface area contributed by atoms with E-state index >= 15 is 0 Å². The summed E-state index contributed by atoms with van der Waals surface area (Å²) in [5, 5.41) is 2.10. The van der Waals surface area contributed by atoms with E-state index in [9.17, 15) is 0 Å². The summed E-state index contributed by atoms with van der Waals surface area (Å²) in [6.07, 6.45) is 0. The van der Waals surface area contributed by atoms with Crippen LogP contribution >= 0.6 is 21.5 Å². The Morgan fingerprint density at radius 2 is 0.556 bits per heavy atom. The van der Waals surface area contributed by atoms with Gasteiger partial charge in [-0.2, -0.15) is 0 Å². The van der Waals surface area contributed by atoms with Gasteiger partial charge in [0.15, 0.2) is 0 Å². The second-order valence-corrected chi connectivity index (χ2v) is 71.3. The molecule has 0 aromatic rings. The van der Waals surface area contributed by atoms with Gasteiger partial charge in [-0.25, -0.2) is 0 Å². The van der Waals surface area contributed by atoms with Crippen molar-refractivity contribution >= 4 is 60.2 Å². The average molecular weight is 515 g/mol. The highest BCUT2D eigenvalue weighted by molar-refractivity contribution is 8.28. The van der Waals surface area contributed by atoms with Crippen LogP contribution in [0.5, 0.6) is 0 Å². The van der Waals surface area contributed by atoms with E-state index in [2.05, 4.69) is 112 Å². The van der Waals surface area contributed by atoms with Gasteiger partial charge in [0.2, 0.25) is 0 Å². The van der Waals surface area contributed by atoms with Gasteiger partial charge in [-0.1, -0.05) is 112 Å². The minimum absolute atomic E-state index is 0.175. The maximum absolute atomic E-state index is 2.77. The molecule has 8 heteroatoms. The van der Waals surface area contributed by atoms with Gasteiger partial charge < -0.3 is 0 Å². The minimum atomic E-state index is -1.17. The lowest BCUT2D eigenvalue weighted by Gasteiger charge is -2.55. The van der Waals surface area contributed by atoms with Crippen molar-refractivity contribution in [3.63, 3.8) is 0 Å². The van der Waals surface area contributed by atoms with Gasteiger partial charge in [-0.05, 0) is 10.8 Å². The topological polar surface area (TPSA) is 0 Å². The Labute approximate surface area is 182 Å². The SMILES string of the molecule is CC(P(C(C)P([Si](C)(C)C)[Si](C)(C)C)[Si](C)(C)C)P([Si](C)(C)C)[Si](C)(C)C. The average Bonchev–Trinajstić information content (AvgIpc) is 2.15. The molecule has 0 bridgehead atoms. The maximum Gasteiger partial charge on any atom is 0.0734 e. The molecule has 0 nitrogen and oxygen atoms in total. The highest BCUT2D eigenvalue weighted by atomic mass is 31.6. The second kappa shape index (κ2) is 9.47. The molecule has 0 aliphatic carbocycles. The van der Waals surface area contributed by atoms with Crippen LogP contribution in [0, 0.1) is 0 Å². The highest BCUT2D eigenvalue weighted by Gasteiger charge is 2.51. The Morgan fingerprint density at radius 1 is 0.370 bits per heavy atom. The van der Waals surface area contributed by atoms with Crippen LogP contribution in [0.4, 0.5) is 0 Å². The van der Waals surface area contributed by atoms with Crippen molar-refractivity contribution in [3.05, 3.63) is 0 Å². The van der Waals surface area contributed by atoms with E-state index in [1.807, 2.05) is 0 Å². The molecule has 0 fully saturated rings. The van der Waals surface area contributed by atoms with Crippen molar-refractivity contribution in [3.8, 4) is 0 Å². The van der Waals surface area contributed by atoms with Crippen LogP contribution in [0.25, 0.3) is 0 Å². The zero-order chi connectivity index (χ0) is 22.4. The van der Waals surface area contributed by atoms with Crippen LogP contribution in [-0.4, -0.2) is 49.5 Å². The fraction of sp³-hybridized carbons (Fsp3) is 1.00. The van der Waals surface area contributed by atoms with Crippen molar-refractivity contribution in [1.82, 2.24) is 0 Å². The molecular formula is C19H53P3Si5. The van der Waals surface area contributed by atoms with E-state index in [1.54, 1.807) is 0 Å². The first kappa shape index (κ1) is 29.4. The van der Waals surface area contributed by atoms with E-state index < -0.39 is 38.7 Å². The Kier molecular flexibility index (Phi) is 10.3. The third-order valence-corrected chi connectivity index (χ3v) is 75.6. The lowest BCUT2D eigenvalue weighted by atomic mass is 10.9. The van der Waals surface area contributed by atoms with Gasteiger partial charge >= 0.3 is 0 Å². The number of hydrogen-bond donors (Lipinski definition) is 0. The summed E-state index contributed by atoms with van der Waals surface area (Å²) in [5.41, 5.74) is 0. The van der Waals surface area contributed by atoms with E-state index in [0.717, 1.165) is 10.8 Å². The van der Waals surface area contributed by atoms with Crippen LogP contribution in [0.2, 0.25) is 98.2 Å². The molecule has 0 saturated heterocycles. The number of hydrogen-bond acceptors (Lipinski definition) is 0. The first-order valence-electron chi connectivity index (χ1n) is 10.8. The second-order valence-electron chi connectivity index (χ2n) is 13.3. The first-order chi connectivity index (χ1) is 11.4. The fourth-order valence-electron chi connectivity index (χ4n) is 5.94. The van der Waals surface area contributed by atoms with Crippen molar-refractivity contribution in [2.45, 2.75) is 123 Å². The van der Waals surface area contributed by atoms with E-state index in [4.69, 9.17) is 0 Å². The lowest BCUT2D eigenvalue weighted by molar-refractivity contribution is 1.30. The molecule has 0 N–H and O–H groups in total. The van der Waals surface area contributed by atoms with Gasteiger partial charge in [0.25, 0.3) is 0 Å². The summed E-state index contributed by atoms with van der Waals surface area (Å²) >= 11 is 0. The molecule has 2 unspecified atom stereocenters. The van der Waals surface area contributed by atoms with E-state index in [-0.39, 0.29) is 21.5 Å². The molecule has 0 spiro atoms. The first-order valence-corrected chi connectivity index (χ1v) is 36.8. The lowest BCUT2D eigenvalue weighted by Crippen LogP contribution is -2.42. The summed E-state index contributed by atoms with van der Waals surface area (Å²) in [6.45, 7) is 46.2. The molecule has 0 aliphatic heterocycles. The third-order valence-electron chi connectivity index (χ3n) is 5.22. The number of rotatable bonds is 9. The zero-order valence-electron chi connectivity index (χ0n) is 22.0. The van der Waals surface area contributed by atoms with Crippen LogP contribution in [0.15, 0.2) is 0 Å². The summed E-state index contributed by atoms with van der Waals surface area (Å²) in [7, 11) is -4.92. The Morgan fingerprint density at radius 3 is 0.667 bits per heavy atom. The Hall–Kier alpha value is 2.37. The van der Waals surface area contributed by atoms with Crippen molar-refractivity contribution in [2.75, 3.05) is 0 Å². The summed E-state index contributed by atoms with van der Waals surface area (Å²) < 4.78 is 0. The smallest absolute Gasteiger partial charge is 0.0734 e. The van der Waals surface area contributed by atoms with E-state index in [0.29, 0.717) is 0 Å². The van der Waals surface area contributed by atoms with Gasteiger partial charge in [0.05, 0.1) is 38.7 Å². The zero-order valence-corrected chi connectivity index (χ0v) is 29.7. The quantitative estimate of drug-likeness (QED) is 0.212. The Balaban J connectivity index is 6.44. The third kappa shape index (κ3) is 8.43. The fourth-order valence-corrected chi connectivity index (χ4v) is 119. The van der Waals surface area contributed by atoms with Crippen LogP contribution in [0.3, 0.4) is 0 Å². The summed E-state index contributed by atoms with van der Waals surface area (Å²) in [4.78, 5) is 0. The minimum Gasteiger partial charge on any atom is -0.123 e. The predicted octanol–water partition coefficient (Wildman–Crippen LogP) is 10.3. The molecule has 0 rings (SSSR count). The van der Waals surface area contributed by atoms with Crippen molar-refractivity contribution < 1.29 is 0 Å². The Bertz CT molecular complexity index is 412. The van der Waals surface area contributed by atoms with Crippen molar-refractivity contribution in [2.24, 2.45) is 0 Å². The molecule has 2 atom stereocenters. The van der Waals surface area contributed by atoms with Gasteiger partial charge in [0.1, 0.15) is 0 Å². The molecule has 0 saturated carbocycles. The molecule has 27 heavy (non-hydrogen) atoms.